The van der Waals surface area contributed by atoms with Gasteiger partial charge in [0.15, 0.2) is 0 Å². The van der Waals surface area contributed by atoms with E-state index in [2.05, 4.69) is 48.7 Å². The van der Waals surface area contributed by atoms with Crippen LogP contribution in [0.2, 0.25) is 0 Å². The van der Waals surface area contributed by atoms with Crippen LogP contribution in [0.1, 0.15) is 30.9 Å². The molecule has 0 aliphatic carbocycles. The normalized spacial score (nSPS) is 23.7. The number of amides is 1. The quantitative estimate of drug-likeness (QED) is 0.856. The van der Waals surface area contributed by atoms with Gasteiger partial charge in [0.05, 0.1) is 6.04 Å². The van der Waals surface area contributed by atoms with Crippen LogP contribution < -0.4 is 10.6 Å². The van der Waals surface area contributed by atoms with Gasteiger partial charge in [-0.2, -0.15) is 0 Å². The van der Waals surface area contributed by atoms with Gasteiger partial charge < -0.3 is 10.6 Å². The molecule has 2 rings (SSSR count). The lowest BCUT2D eigenvalue weighted by molar-refractivity contribution is -0.125. The number of aryl methyl sites for hydroxylation is 1. The summed E-state index contributed by atoms with van der Waals surface area (Å²) in [4.78, 5) is 12.1. The number of hydrogen-bond acceptors (Lipinski definition) is 2. The summed E-state index contributed by atoms with van der Waals surface area (Å²) in [6.45, 7) is 5.77. The molecular formula is C15H22N2O. The number of piperidine rings is 1. The second-order valence-electron chi connectivity index (χ2n) is 5.25. The summed E-state index contributed by atoms with van der Waals surface area (Å²) in [7, 11) is 0. The van der Waals surface area contributed by atoms with Crippen LogP contribution in [0.4, 0.5) is 0 Å². The molecule has 0 radical (unpaired) electrons. The first-order valence-corrected chi connectivity index (χ1v) is 6.73. The molecule has 2 atom stereocenters. The molecule has 1 aliphatic rings. The molecule has 2 N–H and O–H groups in total. The Bertz CT molecular complexity index is 399. The van der Waals surface area contributed by atoms with Crippen molar-refractivity contribution >= 4 is 5.91 Å². The van der Waals surface area contributed by atoms with Crippen LogP contribution in [-0.4, -0.2) is 18.5 Å². The minimum atomic E-state index is -0.0239. The molecule has 0 spiro atoms. The zero-order chi connectivity index (χ0) is 13.0. The molecule has 3 nitrogen and oxygen atoms in total. The van der Waals surface area contributed by atoms with Crippen LogP contribution in [0, 0.1) is 12.8 Å². The minimum Gasteiger partial charge on any atom is -0.351 e. The molecule has 1 heterocycles. The van der Waals surface area contributed by atoms with Gasteiger partial charge in [0.25, 0.3) is 0 Å². The zero-order valence-corrected chi connectivity index (χ0v) is 11.2. The van der Waals surface area contributed by atoms with E-state index in [-0.39, 0.29) is 11.9 Å². The van der Waals surface area contributed by atoms with Gasteiger partial charge in [-0.05, 0) is 37.8 Å². The molecule has 1 aromatic rings. The summed E-state index contributed by atoms with van der Waals surface area (Å²) in [6.07, 6.45) is 2.30. The SMILES string of the molecule is Cc1ccc(CNC(=O)C2NCCCC2C)cc1. The zero-order valence-electron chi connectivity index (χ0n) is 11.2. The van der Waals surface area contributed by atoms with Crippen molar-refractivity contribution in [1.82, 2.24) is 10.6 Å². The molecule has 98 valence electrons. The van der Waals surface area contributed by atoms with Gasteiger partial charge in [-0.1, -0.05) is 36.8 Å². The van der Waals surface area contributed by atoms with Crippen molar-refractivity contribution in [2.45, 2.75) is 39.3 Å². The Labute approximate surface area is 109 Å². The van der Waals surface area contributed by atoms with E-state index in [4.69, 9.17) is 0 Å². The highest BCUT2D eigenvalue weighted by Crippen LogP contribution is 2.15. The Morgan fingerprint density at radius 2 is 2.11 bits per heavy atom. The highest BCUT2D eigenvalue weighted by molar-refractivity contribution is 5.82. The Morgan fingerprint density at radius 1 is 1.39 bits per heavy atom. The molecule has 1 fully saturated rings. The van der Waals surface area contributed by atoms with E-state index in [0.29, 0.717) is 12.5 Å². The maximum atomic E-state index is 12.1. The summed E-state index contributed by atoms with van der Waals surface area (Å²) in [6, 6.07) is 8.25. The predicted molar refractivity (Wildman–Crippen MR) is 73.2 cm³/mol. The molecule has 1 aliphatic heterocycles. The van der Waals surface area contributed by atoms with Crippen molar-refractivity contribution in [2.75, 3.05) is 6.54 Å². The number of carbonyl (C=O) groups excluding carboxylic acids is 1. The first-order chi connectivity index (χ1) is 8.66. The van der Waals surface area contributed by atoms with Gasteiger partial charge in [-0.25, -0.2) is 0 Å². The fraction of sp³-hybridized carbons (Fsp3) is 0.533. The number of rotatable bonds is 3. The van der Waals surface area contributed by atoms with Crippen LogP contribution in [0.5, 0.6) is 0 Å². The van der Waals surface area contributed by atoms with E-state index in [1.165, 1.54) is 12.0 Å². The third kappa shape index (κ3) is 3.33. The standard InChI is InChI=1S/C15H22N2O/c1-11-5-7-13(8-6-11)10-17-15(18)14-12(2)4-3-9-16-14/h5-8,12,14,16H,3-4,9-10H2,1-2H3,(H,17,18). The first-order valence-electron chi connectivity index (χ1n) is 6.73. The summed E-state index contributed by atoms with van der Waals surface area (Å²) >= 11 is 0. The van der Waals surface area contributed by atoms with Gasteiger partial charge in [0.1, 0.15) is 0 Å². The molecule has 0 aromatic heterocycles. The van der Waals surface area contributed by atoms with Crippen LogP contribution >= 0.6 is 0 Å². The molecule has 1 amide bonds. The number of benzene rings is 1. The largest absolute Gasteiger partial charge is 0.351 e. The summed E-state index contributed by atoms with van der Waals surface area (Å²) in [5, 5.41) is 6.32. The fourth-order valence-electron chi connectivity index (χ4n) is 2.41. The molecule has 1 aromatic carbocycles. The second-order valence-corrected chi connectivity index (χ2v) is 5.25. The van der Waals surface area contributed by atoms with Gasteiger partial charge in [-0.15, -0.1) is 0 Å². The lowest BCUT2D eigenvalue weighted by Gasteiger charge is -2.28. The lowest BCUT2D eigenvalue weighted by atomic mass is 9.92. The van der Waals surface area contributed by atoms with E-state index < -0.39 is 0 Å². The Kier molecular flexibility index (Phi) is 4.37. The Balaban J connectivity index is 1.85. The Hall–Kier alpha value is -1.35. The van der Waals surface area contributed by atoms with Gasteiger partial charge in [0, 0.05) is 6.54 Å². The van der Waals surface area contributed by atoms with Gasteiger partial charge in [0.2, 0.25) is 5.91 Å². The predicted octanol–water partition coefficient (Wildman–Crippen LogP) is 2.00. The van der Waals surface area contributed by atoms with Gasteiger partial charge in [-0.3, -0.25) is 4.79 Å². The lowest BCUT2D eigenvalue weighted by Crippen LogP contribution is -2.50. The van der Waals surface area contributed by atoms with Crippen molar-refractivity contribution in [3.05, 3.63) is 35.4 Å². The average molecular weight is 246 g/mol. The smallest absolute Gasteiger partial charge is 0.237 e. The minimum absolute atomic E-state index is 0.0239. The average Bonchev–Trinajstić information content (AvgIpc) is 2.38. The Morgan fingerprint density at radius 3 is 2.78 bits per heavy atom. The topological polar surface area (TPSA) is 41.1 Å². The van der Waals surface area contributed by atoms with E-state index in [1.807, 2.05) is 0 Å². The molecule has 0 bridgehead atoms. The third-order valence-corrected chi connectivity index (χ3v) is 3.64. The highest BCUT2D eigenvalue weighted by Gasteiger charge is 2.26. The number of carbonyl (C=O) groups is 1. The van der Waals surface area contributed by atoms with Crippen molar-refractivity contribution in [3.8, 4) is 0 Å². The van der Waals surface area contributed by atoms with Crippen molar-refractivity contribution in [3.63, 3.8) is 0 Å². The third-order valence-electron chi connectivity index (χ3n) is 3.64. The van der Waals surface area contributed by atoms with Crippen molar-refractivity contribution in [1.29, 1.82) is 0 Å². The summed E-state index contributed by atoms with van der Waals surface area (Å²) in [5.41, 5.74) is 2.39. The van der Waals surface area contributed by atoms with Crippen LogP contribution in [0.3, 0.4) is 0 Å². The highest BCUT2D eigenvalue weighted by atomic mass is 16.2. The van der Waals surface area contributed by atoms with E-state index in [9.17, 15) is 4.79 Å². The van der Waals surface area contributed by atoms with E-state index >= 15 is 0 Å². The van der Waals surface area contributed by atoms with Crippen LogP contribution in [0.25, 0.3) is 0 Å². The van der Waals surface area contributed by atoms with E-state index in [0.717, 1.165) is 18.5 Å². The second kappa shape index (κ2) is 6.01. The number of nitrogens with one attached hydrogen (secondary N) is 2. The maximum absolute atomic E-state index is 12.1. The first kappa shape index (κ1) is 13.1. The molecule has 2 unspecified atom stereocenters. The monoisotopic (exact) mass is 246 g/mol. The maximum Gasteiger partial charge on any atom is 0.237 e. The summed E-state index contributed by atoms with van der Waals surface area (Å²) < 4.78 is 0. The molecule has 3 heteroatoms. The number of hydrogen-bond donors (Lipinski definition) is 2. The van der Waals surface area contributed by atoms with Crippen LogP contribution in [0.15, 0.2) is 24.3 Å². The van der Waals surface area contributed by atoms with Crippen LogP contribution in [-0.2, 0) is 11.3 Å². The summed E-state index contributed by atoms with van der Waals surface area (Å²) in [5.74, 6) is 0.555. The van der Waals surface area contributed by atoms with Crippen molar-refractivity contribution in [2.24, 2.45) is 5.92 Å². The fourth-order valence-corrected chi connectivity index (χ4v) is 2.41. The van der Waals surface area contributed by atoms with Gasteiger partial charge >= 0.3 is 0 Å². The molecule has 1 saturated heterocycles. The molecular weight excluding hydrogens is 224 g/mol. The van der Waals surface area contributed by atoms with Crippen molar-refractivity contribution < 1.29 is 4.79 Å². The van der Waals surface area contributed by atoms with E-state index in [1.54, 1.807) is 0 Å². The molecule has 0 saturated carbocycles. The molecule has 18 heavy (non-hydrogen) atoms.